The zero-order valence-corrected chi connectivity index (χ0v) is 11.6. The van der Waals surface area contributed by atoms with Gasteiger partial charge in [-0.15, -0.1) is 0 Å². The first kappa shape index (κ1) is 14.5. The number of aromatic nitrogens is 1. The smallest absolute Gasteiger partial charge is 0.240 e. The number of rotatable bonds is 6. The summed E-state index contributed by atoms with van der Waals surface area (Å²) in [5.41, 5.74) is 0.398. The van der Waals surface area contributed by atoms with Crippen LogP contribution in [-0.2, 0) is 23.2 Å². The van der Waals surface area contributed by atoms with Gasteiger partial charge in [0.2, 0.25) is 10.0 Å². The Balaban J connectivity index is 2.20. The van der Waals surface area contributed by atoms with Crippen LogP contribution < -0.4 is 9.46 Å². The molecule has 0 aliphatic heterocycles. The minimum atomic E-state index is -3.70. The fourth-order valence-corrected chi connectivity index (χ4v) is 2.67. The van der Waals surface area contributed by atoms with E-state index in [1.54, 1.807) is 6.07 Å². The quantitative estimate of drug-likeness (QED) is 0.812. The van der Waals surface area contributed by atoms with Crippen molar-refractivity contribution < 1.29 is 22.8 Å². The molecule has 0 aliphatic carbocycles. The molecule has 0 aliphatic rings. The van der Waals surface area contributed by atoms with Gasteiger partial charge in [0.15, 0.2) is 5.76 Å². The van der Waals surface area contributed by atoms with Crippen LogP contribution in [-0.4, -0.2) is 25.8 Å². The first-order valence-electron chi connectivity index (χ1n) is 5.74. The van der Waals surface area contributed by atoms with Crippen molar-refractivity contribution in [3.63, 3.8) is 0 Å². The Bertz CT molecular complexity index is 667. The topological polar surface area (TPSA) is 102 Å². The fraction of sp³-hybridized carbons (Fsp3) is 0.250. The van der Waals surface area contributed by atoms with Crippen LogP contribution in [0.4, 0.5) is 0 Å². The maximum atomic E-state index is 12.1. The molecule has 2 aromatic rings. The van der Waals surface area contributed by atoms with Gasteiger partial charge in [-0.25, -0.2) is 13.1 Å². The number of methoxy groups -OCH3 is 1. The molecular formula is C12H14N2O5S. The van der Waals surface area contributed by atoms with Gasteiger partial charge in [-0.05, 0) is 18.2 Å². The number of sulfonamides is 1. The average molecular weight is 298 g/mol. The molecule has 0 unspecified atom stereocenters. The summed E-state index contributed by atoms with van der Waals surface area (Å²) in [5, 5.41) is 12.7. The Kier molecular flexibility index (Phi) is 4.38. The number of hydrogen-bond donors (Lipinski definition) is 2. The number of nitrogens with one attached hydrogen (secondary N) is 1. The van der Waals surface area contributed by atoms with E-state index in [1.807, 2.05) is 0 Å². The van der Waals surface area contributed by atoms with Crippen LogP contribution in [0.2, 0.25) is 0 Å². The molecule has 0 fully saturated rings. The normalized spacial score (nSPS) is 11.5. The summed E-state index contributed by atoms with van der Waals surface area (Å²) in [4.78, 5) is 0.0434. The van der Waals surface area contributed by atoms with Crippen LogP contribution >= 0.6 is 0 Å². The third-order valence-corrected chi connectivity index (χ3v) is 4.06. The lowest BCUT2D eigenvalue weighted by Gasteiger charge is -2.10. The molecule has 108 valence electrons. The molecule has 8 heteroatoms. The van der Waals surface area contributed by atoms with Crippen LogP contribution in [0.15, 0.2) is 39.9 Å². The monoisotopic (exact) mass is 298 g/mol. The first-order valence-corrected chi connectivity index (χ1v) is 7.22. The molecule has 1 aromatic heterocycles. The average Bonchev–Trinajstić information content (AvgIpc) is 2.97. The highest BCUT2D eigenvalue weighted by atomic mass is 32.2. The summed E-state index contributed by atoms with van der Waals surface area (Å²) in [7, 11) is -2.25. The Hall–Kier alpha value is -1.90. The van der Waals surface area contributed by atoms with E-state index in [-0.39, 0.29) is 18.0 Å². The van der Waals surface area contributed by atoms with E-state index in [2.05, 4.69) is 9.88 Å². The fourth-order valence-electron chi connectivity index (χ4n) is 1.63. The van der Waals surface area contributed by atoms with Gasteiger partial charge in [0.25, 0.3) is 0 Å². The molecule has 2 N–H and O–H groups in total. The highest BCUT2D eigenvalue weighted by Gasteiger charge is 2.16. The zero-order chi connectivity index (χ0) is 14.6. The third-order valence-electron chi connectivity index (χ3n) is 2.66. The molecule has 0 atom stereocenters. The Morgan fingerprint density at radius 2 is 2.20 bits per heavy atom. The Labute approximate surface area is 116 Å². The van der Waals surface area contributed by atoms with Crippen LogP contribution in [0, 0.1) is 0 Å². The Morgan fingerprint density at radius 1 is 1.40 bits per heavy atom. The summed E-state index contributed by atoms with van der Waals surface area (Å²) in [6, 6.07) is 5.83. The van der Waals surface area contributed by atoms with Crippen molar-refractivity contribution >= 4 is 10.0 Å². The lowest BCUT2D eigenvalue weighted by molar-refractivity contribution is 0.273. The second-order valence-corrected chi connectivity index (χ2v) is 5.70. The number of hydrogen-bond acceptors (Lipinski definition) is 6. The van der Waals surface area contributed by atoms with Gasteiger partial charge >= 0.3 is 0 Å². The van der Waals surface area contributed by atoms with E-state index in [0.29, 0.717) is 17.1 Å². The molecule has 1 heterocycles. The van der Waals surface area contributed by atoms with Crippen molar-refractivity contribution in [2.75, 3.05) is 7.11 Å². The summed E-state index contributed by atoms with van der Waals surface area (Å²) in [6.45, 7) is -0.308. The van der Waals surface area contributed by atoms with Crippen LogP contribution in [0.1, 0.15) is 11.3 Å². The van der Waals surface area contributed by atoms with Gasteiger partial charge in [0.1, 0.15) is 5.75 Å². The summed E-state index contributed by atoms with van der Waals surface area (Å²) in [5.74, 6) is 0.839. The lowest BCUT2D eigenvalue weighted by atomic mass is 10.2. The maximum Gasteiger partial charge on any atom is 0.240 e. The summed E-state index contributed by atoms with van der Waals surface area (Å²) in [6.07, 6.45) is 1.43. The SMILES string of the molecule is COc1ccc(S(=O)(=O)NCc2ccno2)cc1CO. The Morgan fingerprint density at radius 3 is 2.80 bits per heavy atom. The van der Waals surface area contributed by atoms with Crippen molar-refractivity contribution in [1.29, 1.82) is 0 Å². The summed E-state index contributed by atoms with van der Waals surface area (Å²) < 4.78 is 36.4. The molecule has 0 spiro atoms. The van der Waals surface area contributed by atoms with Gasteiger partial charge in [-0.1, -0.05) is 5.16 Å². The molecule has 2 rings (SSSR count). The lowest BCUT2D eigenvalue weighted by Crippen LogP contribution is -2.23. The zero-order valence-electron chi connectivity index (χ0n) is 10.7. The minimum Gasteiger partial charge on any atom is -0.496 e. The van der Waals surface area contributed by atoms with Crippen LogP contribution in [0.5, 0.6) is 5.75 Å². The number of nitrogens with zero attached hydrogens (tertiary/aromatic N) is 1. The molecule has 0 saturated carbocycles. The van der Waals surface area contributed by atoms with Crippen molar-refractivity contribution in [3.05, 3.63) is 41.8 Å². The second-order valence-electron chi connectivity index (χ2n) is 3.94. The third kappa shape index (κ3) is 3.16. The highest BCUT2D eigenvalue weighted by molar-refractivity contribution is 7.89. The standard InChI is InChI=1S/C12H14N2O5S/c1-18-12-3-2-11(6-9(12)8-15)20(16,17)14-7-10-4-5-13-19-10/h2-6,14-15H,7-8H2,1H3. The molecule has 1 aromatic carbocycles. The van der Waals surface area contributed by atoms with Crippen molar-refractivity contribution in [1.82, 2.24) is 9.88 Å². The van der Waals surface area contributed by atoms with E-state index in [1.165, 1.54) is 31.5 Å². The van der Waals surface area contributed by atoms with E-state index in [4.69, 9.17) is 9.26 Å². The van der Waals surface area contributed by atoms with E-state index in [0.717, 1.165) is 0 Å². The van der Waals surface area contributed by atoms with E-state index < -0.39 is 10.0 Å². The minimum absolute atomic E-state index is 0.00280. The molecule has 20 heavy (non-hydrogen) atoms. The second kappa shape index (κ2) is 6.04. The molecule has 0 bridgehead atoms. The largest absolute Gasteiger partial charge is 0.496 e. The highest BCUT2D eigenvalue weighted by Crippen LogP contribution is 2.22. The summed E-state index contributed by atoms with van der Waals surface area (Å²) >= 11 is 0. The van der Waals surface area contributed by atoms with Crippen molar-refractivity contribution in [2.24, 2.45) is 0 Å². The molecule has 0 amide bonds. The molecule has 0 radical (unpaired) electrons. The molecular weight excluding hydrogens is 284 g/mol. The van der Waals surface area contributed by atoms with E-state index >= 15 is 0 Å². The van der Waals surface area contributed by atoms with Gasteiger partial charge in [-0.2, -0.15) is 0 Å². The van der Waals surface area contributed by atoms with E-state index in [9.17, 15) is 13.5 Å². The van der Waals surface area contributed by atoms with Gasteiger partial charge in [0, 0.05) is 11.6 Å². The maximum absolute atomic E-state index is 12.1. The number of benzene rings is 1. The van der Waals surface area contributed by atoms with Crippen LogP contribution in [0.25, 0.3) is 0 Å². The first-order chi connectivity index (χ1) is 9.56. The molecule has 0 saturated heterocycles. The van der Waals surface area contributed by atoms with Crippen LogP contribution in [0.3, 0.4) is 0 Å². The van der Waals surface area contributed by atoms with Gasteiger partial charge in [-0.3, -0.25) is 0 Å². The predicted molar refractivity (Wildman–Crippen MR) is 69.4 cm³/mol. The number of aliphatic hydroxyl groups is 1. The van der Waals surface area contributed by atoms with Crippen molar-refractivity contribution in [2.45, 2.75) is 18.0 Å². The van der Waals surface area contributed by atoms with Crippen molar-refractivity contribution in [3.8, 4) is 5.75 Å². The molecule has 7 nitrogen and oxygen atoms in total. The predicted octanol–water partition coefficient (Wildman–Crippen LogP) is 0.654. The number of ether oxygens (including phenoxy) is 1. The van der Waals surface area contributed by atoms with Gasteiger partial charge in [0.05, 0.1) is 31.4 Å². The number of aliphatic hydroxyl groups excluding tert-OH is 1. The van der Waals surface area contributed by atoms with Gasteiger partial charge < -0.3 is 14.4 Å².